The molecule has 5 nitrogen and oxygen atoms in total. The van der Waals surface area contributed by atoms with E-state index in [0.29, 0.717) is 17.5 Å². The third-order valence-corrected chi connectivity index (χ3v) is 2.47. The average molecular weight is 280 g/mol. The number of aliphatic hydroxyl groups excluding tert-OH is 1. The number of benzene rings is 1. The Morgan fingerprint density at radius 2 is 1.55 bits per heavy atom. The van der Waals surface area contributed by atoms with Gasteiger partial charge in [-0.1, -0.05) is 0 Å². The van der Waals surface area contributed by atoms with Crippen LogP contribution in [0.3, 0.4) is 0 Å². The number of ether oxygens (including phenoxy) is 2. The summed E-state index contributed by atoms with van der Waals surface area (Å²) in [5.41, 5.74) is 0.746. The minimum Gasteiger partial charge on any atom is -0.462 e. The van der Waals surface area contributed by atoms with Gasteiger partial charge in [0.05, 0.1) is 29.9 Å². The van der Waals surface area contributed by atoms with Crippen molar-refractivity contribution in [3.05, 3.63) is 35.4 Å². The molecule has 110 valence electrons. The van der Waals surface area contributed by atoms with Crippen molar-refractivity contribution >= 4 is 11.9 Å². The van der Waals surface area contributed by atoms with Gasteiger partial charge in [-0.3, -0.25) is 0 Å². The molecule has 0 aliphatic rings. The highest BCUT2D eigenvalue weighted by atomic mass is 16.5. The summed E-state index contributed by atoms with van der Waals surface area (Å²) in [6.45, 7) is 5.33. The maximum atomic E-state index is 11.7. The summed E-state index contributed by atoms with van der Waals surface area (Å²) in [5.74, 6) is -0.900. The number of hydrogen-bond donors (Lipinski definition) is 1. The molecule has 0 bridgehead atoms. The minimum absolute atomic E-state index is 0.160. The average Bonchev–Trinajstić information content (AvgIpc) is 2.37. The molecule has 0 saturated heterocycles. The van der Waals surface area contributed by atoms with Crippen molar-refractivity contribution in [1.29, 1.82) is 0 Å². The lowest BCUT2D eigenvalue weighted by atomic mass is 10.1. The maximum Gasteiger partial charge on any atom is 0.338 e. The normalized spacial score (nSPS) is 12.1. The molecule has 0 spiro atoms. The summed E-state index contributed by atoms with van der Waals surface area (Å²) in [4.78, 5) is 23.3. The van der Waals surface area contributed by atoms with Gasteiger partial charge in [0.2, 0.25) is 0 Å². The number of rotatable bonds is 6. The van der Waals surface area contributed by atoms with Gasteiger partial charge in [-0.25, -0.2) is 9.59 Å². The Morgan fingerprint density at radius 3 is 2.00 bits per heavy atom. The Kier molecular flexibility index (Phi) is 6.18. The van der Waals surface area contributed by atoms with Crippen LogP contribution >= 0.6 is 0 Å². The van der Waals surface area contributed by atoms with E-state index < -0.39 is 18.0 Å². The highest BCUT2D eigenvalue weighted by molar-refractivity contribution is 5.93. The molecule has 0 saturated carbocycles. The van der Waals surface area contributed by atoms with Crippen LogP contribution in [0.1, 0.15) is 47.9 Å². The van der Waals surface area contributed by atoms with Crippen LogP contribution < -0.4 is 0 Å². The van der Waals surface area contributed by atoms with Gasteiger partial charge in [0.15, 0.2) is 0 Å². The van der Waals surface area contributed by atoms with Crippen molar-refractivity contribution in [3.63, 3.8) is 0 Å². The Balaban J connectivity index is 2.57. The highest BCUT2D eigenvalue weighted by Crippen LogP contribution is 2.09. The molecule has 1 N–H and O–H groups in total. The van der Waals surface area contributed by atoms with Gasteiger partial charge >= 0.3 is 11.9 Å². The molecule has 1 rings (SSSR count). The quantitative estimate of drug-likeness (QED) is 0.808. The van der Waals surface area contributed by atoms with E-state index in [1.165, 1.54) is 24.3 Å². The van der Waals surface area contributed by atoms with Gasteiger partial charge < -0.3 is 14.6 Å². The Labute approximate surface area is 118 Å². The molecule has 0 amide bonds. The Morgan fingerprint density at radius 1 is 1.05 bits per heavy atom. The van der Waals surface area contributed by atoms with Crippen LogP contribution in [0.5, 0.6) is 0 Å². The van der Waals surface area contributed by atoms with Crippen LogP contribution in [-0.4, -0.2) is 35.9 Å². The van der Waals surface area contributed by atoms with E-state index >= 15 is 0 Å². The van der Waals surface area contributed by atoms with Gasteiger partial charge in [-0.15, -0.1) is 0 Å². The minimum atomic E-state index is -0.504. The molecule has 1 aromatic rings. The predicted molar refractivity (Wildman–Crippen MR) is 73.6 cm³/mol. The molecule has 0 aromatic heterocycles. The fraction of sp³-hybridized carbons (Fsp3) is 0.467. The van der Waals surface area contributed by atoms with Crippen molar-refractivity contribution in [2.24, 2.45) is 0 Å². The number of hydrogen-bond acceptors (Lipinski definition) is 5. The summed E-state index contributed by atoms with van der Waals surface area (Å²) in [6.07, 6.45) is -0.298. The topological polar surface area (TPSA) is 72.8 Å². The molecule has 0 aliphatic heterocycles. The van der Waals surface area contributed by atoms with Crippen LogP contribution in [-0.2, 0) is 9.47 Å². The van der Waals surface area contributed by atoms with Gasteiger partial charge in [-0.05, 0) is 45.0 Å². The number of carbonyl (C=O) groups is 2. The molecular weight excluding hydrogens is 260 g/mol. The summed E-state index contributed by atoms with van der Waals surface area (Å²) < 4.78 is 10.0. The lowest BCUT2D eigenvalue weighted by molar-refractivity contribution is 0.0374. The molecule has 0 radical (unpaired) electrons. The van der Waals surface area contributed by atoms with Crippen molar-refractivity contribution in [2.75, 3.05) is 6.61 Å². The van der Waals surface area contributed by atoms with E-state index in [1.807, 2.05) is 0 Å². The van der Waals surface area contributed by atoms with E-state index in [2.05, 4.69) is 0 Å². The molecular formula is C15H20O5. The van der Waals surface area contributed by atoms with Crippen LogP contribution in [0, 0.1) is 0 Å². The van der Waals surface area contributed by atoms with Crippen LogP contribution in [0.25, 0.3) is 0 Å². The second-order valence-corrected chi connectivity index (χ2v) is 4.81. The first-order valence-electron chi connectivity index (χ1n) is 6.56. The van der Waals surface area contributed by atoms with Crippen molar-refractivity contribution < 1.29 is 24.2 Å². The lowest BCUT2D eigenvalue weighted by Crippen LogP contribution is -2.13. The van der Waals surface area contributed by atoms with E-state index in [1.54, 1.807) is 20.8 Å². The Hall–Kier alpha value is -1.88. The molecule has 0 aliphatic carbocycles. The largest absolute Gasteiger partial charge is 0.462 e. The summed E-state index contributed by atoms with van der Waals surface area (Å²) >= 11 is 0. The fourth-order valence-corrected chi connectivity index (χ4v) is 1.43. The van der Waals surface area contributed by atoms with E-state index in [0.717, 1.165) is 0 Å². The first-order valence-corrected chi connectivity index (χ1v) is 6.56. The van der Waals surface area contributed by atoms with Crippen LogP contribution in [0.2, 0.25) is 0 Å². The molecule has 0 fully saturated rings. The van der Waals surface area contributed by atoms with Crippen molar-refractivity contribution in [2.45, 2.75) is 39.4 Å². The summed E-state index contributed by atoms with van der Waals surface area (Å²) in [7, 11) is 0. The molecule has 1 aromatic carbocycles. The zero-order valence-electron chi connectivity index (χ0n) is 12.0. The van der Waals surface area contributed by atoms with E-state index in [-0.39, 0.29) is 12.7 Å². The SMILES string of the molecule is CC(O)CCOC(=O)c1ccc(C(=O)OC(C)C)cc1. The van der Waals surface area contributed by atoms with Crippen molar-refractivity contribution in [3.8, 4) is 0 Å². The molecule has 1 unspecified atom stereocenters. The van der Waals surface area contributed by atoms with Gasteiger partial charge in [0.1, 0.15) is 0 Å². The zero-order chi connectivity index (χ0) is 15.1. The molecule has 0 heterocycles. The predicted octanol–water partition coefficient (Wildman–Crippen LogP) is 2.18. The number of esters is 2. The van der Waals surface area contributed by atoms with Gasteiger partial charge in [0, 0.05) is 6.42 Å². The van der Waals surface area contributed by atoms with Crippen LogP contribution in [0.15, 0.2) is 24.3 Å². The Bertz CT molecular complexity index is 448. The first-order chi connectivity index (χ1) is 9.40. The second kappa shape index (κ2) is 7.65. The van der Waals surface area contributed by atoms with Gasteiger partial charge in [0.25, 0.3) is 0 Å². The first kappa shape index (κ1) is 16.2. The van der Waals surface area contributed by atoms with E-state index in [9.17, 15) is 9.59 Å². The zero-order valence-corrected chi connectivity index (χ0v) is 12.0. The molecule has 1 atom stereocenters. The van der Waals surface area contributed by atoms with Crippen molar-refractivity contribution in [1.82, 2.24) is 0 Å². The molecule has 20 heavy (non-hydrogen) atoms. The standard InChI is InChI=1S/C15H20O5/c1-10(2)20-15(18)13-6-4-12(5-7-13)14(17)19-9-8-11(3)16/h4-7,10-11,16H,8-9H2,1-3H3. The van der Waals surface area contributed by atoms with E-state index in [4.69, 9.17) is 14.6 Å². The summed E-state index contributed by atoms with van der Waals surface area (Å²) in [6, 6.07) is 6.08. The number of carbonyl (C=O) groups excluding carboxylic acids is 2. The molecule has 5 heteroatoms. The second-order valence-electron chi connectivity index (χ2n) is 4.81. The summed E-state index contributed by atoms with van der Waals surface area (Å²) in [5, 5.41) is 9.06. The fourth-order valence-electron chi connectivity index (χ4n) is 1.43. The van der Waals surface area contributed by atoms with Crippen LogP contribution in [0.4, 0.5) is 0 Å². The maximum absolute atomic E-state index is 11.7. The smallest absolute Gasteiger partial charge is 0.338 e. The third-order valence-electron chi connectivity index (χ3n) is 2.47. The van der Waals surface area contributed by atoms with Gasteiger partial charge in [-0.2, -0.15) is 0 Å². The number of aliphatic hydroxyl groups is 1. The monoisotopic (exact) mass is 280 g/mol. The lowest BCUT2D eigenvalue weighted by Gasteiger charge is -2.09. The highest BCUT2D eigenvalue weighted by Gasteiger charge is 2.12. The third kappa shape index (κ3) is 5.40.